The number of alkyl halides is 3. The Morgan fingerprint density at radius 2 is 1.73 bits per heavy atom. The molecule has 2 nitrogen and oxygen atoms in total. The molecule has 1 saturated heterocycles. The van der Waals surface area contributed by atoms with Crippen LogP contribution < -0.4 is 10.6 Å². The molecule has 0 aromatic heterocycles. The minimum atomic E-state index is -4.74. The number of rotatable bonds is 3. The summed E-state index contributed by atoms with van der Waals surface area (Å²) < 4.78 is 65.6. The van der Waals surface area contributed by atoms with Gasteiger partial charge >= 0.3 is 6.18 Å². The summed E-state index contributed by atoms with van der Waals surface area (Å²) in [4.78, 5) is 0. The number of fused-ring (bicyclic) bond motifs is 2. The quantitative estimate of drug-likeness (QED) is 0.778. The van der Waals surface area contributed by atoms with Crippen LogP contribution in [0, 0.1) is 17.6 Å². The first-order valence-corrected chi connectivity index (χ1v) is 8.45. The van der Waals surface area contributed by atoms with Gasteiger partial charge in [0, 0.05) is 30.2 Å². The summed E-state index contributed by atoms with van der Waals surface area (Å²) in [7, 11) is 0. The lowest BCUT2D eigenvalue weighted by atomic mass is 9.86. The fourth-order valence-corrected chi connectivity index (χ4v) is 4.24. The van der Waals surface area contributed by atoms with E-state index in [1.54, 1.807) is 12.1 Å². The molecule has 2 fully saturated rings. The van der Waals surface area contributed by atoms with E-state index in [4.69, 9.17) is 0 Å². The molecule has 4 unspecified atom stereocenters. The summed E-state index contributed by atoms with van der Waals surface area (Å²) >= 11 is 0. The van der Waals surface area contributed by atoms with Gasteiger partial charge in [0.05, 0.1) is 5.56 Å². The highest BCUT2D eigenvalue weighted by atomic mass is 19.4. The summed E-state index contributed by atoms with van der Waals surface area (Å²) in [6.45, 7) is 0.771. The lowest BCUT2D eigenvalue weighted by Gasteiger charge is -2.33. The highest BCUT2D eigenvalue weighted by Crippen LogP contribution is 2.44. The maximum Gasteiger partial charge on any atom is 0.419 e. The zero-order valence-electron chi connectivity index (χ0n) is 13.7. The van der Waals surface area contributed by atoms with Crippen molar-refractivity contribution >= 4 is 5.69 Å². The Morgan fingerprint density at radius 3 is 2.42 bits per heavy atom. The van der Waals surface area contributed by atoms with Gasteiger partial charge in [-0.2, -0.15) is 13.2 Å². The van der Waals surface area contributed by atoms with Gasteiger partial charge in [-0.3, -0.25) is 0 Å². The number of hydrogen-bond acceptors (Lipinski definition) is 2. The minimum absolute atomic E-state index is 0.00809. The lowest BCUT2D eigenvalue weighted by Crippen LogP contribution is -2.43. The summed E-state index contributed by atoms with van der Waals surface area (Å²) in [6.07, 6.45) is -3.85. The highest BCUT2D eigenvalue weighted by Gasteiger charge is 2.48. The Balaban J connectivity index is 1.63. The molecule has 7 heteroatoms. The maximum absolute atomic E-state index is 13.5. The Kier molecular flexibility index (Phi) is 4.14. The van der Waals surface area contributed by atoms with E-state index in [0.717, 1.165) is 30.7 Å². The van der Waals surface area contributed by atoms with Crippen LogP contribution in [0.1, 0.15) is 23.5 Å². The fourth-order valence-electron chi connectivity index (χ4n) is 4.24. The summed E-state index contributed by atoms with van der Waals surface area (Å²) in [5, 5.41) is 6.58. The van der Waals surface area contributed by atoms with Crippen molar-refractivity contribution in [2.75, 3.05) is 11.9 Å². The largest absolute Gasteiger partial charge is 0.419 e. The number of piperidine rings is 1. The van der Waals surface area contributed by atoms with Crippen molar-refractivity contribution in [3.05, 3.63) is 65.2 Å². The van der Waals surface area contributed by atoms with Crippen LogP contribution in [0.2, 0.25) is 0 Å². The van der Waals surface area contributed by atoms with E-state index in [-0.39, 0.29) is 35.4 Å². The number of halogens is 5. The van der Waals surface area contributed by atoms with E-state index in [2.05, 4.69) is 10.6 Å². The van der Waals surface area contributed by atoms with Crippen LogP contribution in [-0.2, 0) is 6.18 Å². The first kappa shape index (κ1) is 17.3. The van der Waals surface area contributed by atoms with Gasteiger partial charge in [0.15, 0.2) is 0 Å². The summed E-state index contributed by atoms with van der Waals surface area (Å²) in [6, 6.07) is 9.26. The maximum atomic E-state index is 13.5. The third-order valence-electron chi connectivity index (χ3n) is 5.39. The zero-order chi connectivity index (χ0) is 18.5. The number of benzene rings is 2. The Morgan fingerprint density at radius 1 is 1.00 bits per heavy atom. The molecule has 26 heavy (non-hydrogen) atoms. The normalized spacial score (nSPS) is 27.7. The second kappa shape index (κ2) is 6.23. The van der Waals surface area contributed by atoms with E-state index in [9.17, 15) is 22.0 Å². The Labute approximate surface area is 147 Å². The van der Waals surface area contributed by atoms with Crippen LogP contribution in [-0.4, -0.2) is 18.6 Å². The molecule has 2 aromatic rings. The van der Waals surface area contributed by atoms with Gasteiger partial charge in [0.1, 0.15) is 11.6 Å². The van der Waals surface area contributed by atoms with E-state index in [1.807, 2.05) is 0 Å². The molecule has 0 radical (unpaired) electrons. The molecule has 0 spiro atoms. The fraction of sp³-hybridized carbons (Fsp3) is 0.368. The minimum Gasteiger partial charge on any atom is -0.381 e. The van der Waals surface area contributed by atoms with Crippen molar-refractivity contribution in [2.24, 2.45) is 5.92 Å². The monoisotopic (exact) mass is 368 g/mol. The van der Waals surface area contributed by atoms with Crippen LogP contribution in [0.25, 0.3) is 0 Å². The van der Waals surface area contributed by atoms with E-state index in [0.29, 0.717) is 0 Å². The van der Waals surface area contributed by atoms with Crippen LogP contribution in [0.5, 0.6) is 0 Å². The summed E-state index contributed by atoms with van der Waals surface area (Å²) in [5.41, 5.74) is -0.104. The molecule has 1 heterocycles. The van der Waals surface area contributed by atoms with Gasteiger partial charge in [-0.25, -0.2) is 8.78 Å². The van der Waals surface area contributed by atoms with Crippen molar-refractivity contribution in [1.29, 1.82) is 0 Å². The molecule has 1 aliphatic carbocycles. The molecule has 0 amide bonds. The lowest BCUT2D eigenvalue weighted by molar-refractivity contribution is -0.139. The Bertz CT molecular complexity index is 803. The van der Waals surface area contributed by atoms with Gasteiger partial charge in [0.25, 0.3) is 0 Å². The van der Waals surface area contributed by atoms with Gasteiger partial charge in [-0.15, -0.1) is 0 Å². The van der Waals surface area contributed by atoms with Crippen LogP contribution in [0.15, 0.2) is 42.5 Å². The van der Waals surface area contributed by atoms with Gasteiger partial charge < -0.3 is 10.6 Å². The summed E-state index contributed by atoms with van der Waals surface area (Å²) in [5.74, 6) is -1.36. The van der Waals surface area contributed by atoms with Crippen molar-refractivity contribution in [1.82, 2.24) is 5.32 Å². The first-order chi connectivity index (χ1) is 12.3. The predicted molar refractivity (Wildman–Crippen MR) is 87.9 cm³/mol. The van der Waals surface area contributed by atoms with Crippen molar-refractivity contribution in [3.63, 3.8) is 0 Å². The van der Waals surface area contributed by atoms with E-state index < -0.39 is 17.6 Å². The first-order valence-electron chi connectivity index (χ1n) is 8.45. The molecular formula is C19H17F5N2. The van der Waals surface area contributed by atoms with Gasteiger partial charge in [-0.1, -0.05) is 12.1 Å². The molecule has 2 bridgehead atoms. The Hall–Kier alpha value is -2.15. The second-order valence-electron chi connectivity index (χ2n) is 6.95. The number of nitrogens with one attached hydrogen (secondary N) is 2. The molecule has 2 N–H and O–H groups in total. The van der Waals surface area contributed by atoms with Gasteiger partial charge in [-0.05, 0) is 48.2 Å². The molecule has 1 aliphatic heterocycles. The molecule has 1 saturated carbocycles. The van der Waals surface area contributed by atoms with E-state index >= 15 is 0 Å². The van der Waals surface area contributed by atoms with Crippen molar-refractivity contribution in [2.45, 2.75) is 30.6 Å². The topological polar surface area (TPSA) is 24.1 Å². The average molecular weight is 368 g/mol. The number of anilines is 1. The third-order valence-corrected chi connectivity index (χ3v) is 5.39. The van der Waals surface area contributed by atoms with Crippen molar-refractivity contribution < 1.29 is 22.0 Å². The molecule has 138 valence electrons. The highest BCUT2D eigenvalue weighted by molar-refractivity contribution is 5.50. The average Bonchev–Trinajstić information content (AvgIpc) is 3.18. The molecular weight excluding hydrogens is 351 g/mol. The predicted octanol–water partition coefficient (Wildman–Crippen LogP) is 4.54. The second-order valence-corrected chi connectivity index (χ2v) is 6.95. The molecule has 2 aliphatic rings. The molecule has 4 rings (SSSR count). The number of hydrogen-bond donors (Lipinski definition) is 2. The van der Waals surface area contributed by atoms with E-state index in [1.165, 1.54) is 18.2 Å². The third kappa shape index (κ3) is 3.05. The molecule has 2 aromatic carbocycles. The molecule has 4 atom stereocenters. The van der Waals surface area contributed by atoms with Crippen LogP contribution in [0.3, 0.4) is 0 Å². The van der Waals surface area contributed by atoms with Crippen LogP contribution in [0.4, 0.5) is 27.6 Å². The standard InChI is InChI=1S/C19H17F5N2/c20-12-3-1-10(2-4-12)17-16-7-11(9-25-16)18(17)26-13-5-6-15(21)14(8-13)19(22,23)24/h1-6,8,11,16-18,25-26H,7,9H2. The van der Waals surface area contributed by atoms with Crippen molar-refractivity contribution in [3.8, 4) is 0 Å². The smallest absolute Gasteiger partial charge is 0.381 e. The van der Waals surface area contributed by atoms with Crippen LogP contribution >= 0.6 is 0 Å². The zero-order valence-corrected chi connectivity index (χ0v) is 13.7. The SMILES string of the molecule is Fc1ccc(C2C3CC(CN3)C2Nc2ccc(F)c(C(F)(F)F)c2)cc1. The van der Waals surface area contributed by atoms with Gasteiger partial charge in [0.2, 0.25) is 0 Å².